The van der Waals surface area contributed by atoms with Crippen LogP contribution >= 0.6 is 0 Å². The maximum absolute atomic E-state index is 13.0. The number of ether oxygens (including phenoxy) is 2. The number of carbonyl (C=O) groups is 3. The summed E-state index contributed by atoms with van der Waals surface area (Å²) in [7, 11) is 1.48. The molecular weight excluding hydrogens is 436 g/mol. The van der Waals surface area contributed by atoms with Gasteiger partial charge in [0.05, 0.1) is 6.10 Å². The summed E-state index contributed by atoms with van der Waals surface area (Å²) >= 11 is 0. The standard InChI is InChI=1S/C26H30N2O6/c1-16(33-2)24(25(31)28-13-17(14-28)11-12-23(29)30)27-26(32)34-15-22-20-9-5-3-7-18(20)19-8-4-6-10-21(19)22/h3-10,16-17,22,24H,11-15H2,1-2H3,(H,27,32)(H,29,30)/t16-,24+/m1/s1. The van der Waals surface area contributed by atoms with Crippen LogP contribution in [0.2, 0.25) is 0 Å². The van der Waals surface area contributed by atoms with E-state index in [9.17, 15) is 14.4 Å². The third kappa shape index (κ3) is 4.92. The number of hydrogen-bond acceptors (Lipinski definition) is 5. The largest absolute Gasteiger partial charge is 0.481 e. The summed E-state index contributed by atoms with van der Waals surface area (Å²) in [4.78, 5) is 38.1. The molecular formula is C26H30N2O6. The first-order chi connectivity index (χ1) is 16.4. The van der Waals surface area contributed by atoms with Gasteiger partial charge in [0.15, 0.2) is 0 Å². The molecule has 2 amide bonds. The number of hydrogen-bond donors (Lipinski definition) is 2. The lowest BCUT2D eigenvalue weighted by Crippen LogP contribution is -2.60. The van der Waals surface area contributed by atoms with Crippen molar-refractivity contribution in [2.24, 2.45) is 5.92 Å². The van der Waals surface area contributed by atoms with Gasteiger partial charge in [-0.15, -0.1) is 0 Å². The SMILES string of the molecule is CO[C@H](C)[C@H](NC(=O)OCC1c2ccccc2-c2ccccc21)C(=O)N1CC(CCC(=O)O)C1. The predicted octanol–water partition coefficient (Wildman–Crippen LogP) is 3.25. The second-order valence-corrected chi connectivity index (χ2v) is 8.93. The van der Waals surface area contributed by atoms with Crippen molar-refractivity contribution in [2.45, 2.75) is 37.8 Å². The molecule has 2 aliphatic rings. The van der Waals surface area contributed by atoms with Gasteiger partial charge < -0.3 is 24.8 Å². The highest BCUT2D eigenvalue weighted by atomic mass is 16.5. The maximum Gasteiger partial charge on any atom is 0.407 e. The highest BCUT2D eigenvalue weighted by Crippen LogP contribution is 2.44. The molecule has 2 aromatic rings. The number of nitrogens with zero attached hydrogens (tertiary/aromatic N) is 1. The molecule has 0 aromatic heterocycles. The number of nitrogens with one attached hydrogen (secondary N) is 1. The summed E-state index contributed by atoms with van der Waals surface area (Å²) in [6.07, 6.45) is -0.607. The van der Waals surface area contributed by atoms with Gasteiger partial charge in [-0.3, -0.25) is 9.59 Å². The fourth-order valence-electron chi connectivity index (χ4n) is 4.74. The van der Waals surface area contributed by atoms with Crippen LogP contribution in [0.3, 0.4) is 0 Å². The van der Waals surface area contributed by atoms with Crippen LogP contribution in [0.5, 0.6) is 0 Å². The number of carboxylic acid groups (broad SMARTS) is 1. The van der Waals surface area contributed by atoms with E-state index in [0.717, 1.165) is 22.3 Å². The van der Waals surface area contributed by atoms with E-state index in [1.54, 1.807) is 11.8 Å². The van der Waals surface area contributed by atoms with Gasteiger partial charge in [-0.25, -0.2) is 4.79 Å². The summed E-state index contributed by atoms with van der Waals surface area (Å²) in [6, 6.07) is 15.3. The van der Waals surface area contributed by atoms with E-state index in [1.165, 1.54) is 7.11 Å². The van der Waals surface area contributed by atoms with E-state index < -0.39 is 24.2 Å². The number of alkyl carbamates (subject to hydrolysis) is 1. The summed E-state index contributed by atoms with van der Waals surface area (Å²) < 4.78 is 10.9. The number of likely N-dealkylation sites (tertiary alicyclic amines) is 1. The fourth-order valence-corrected chi connectivity index (χ4v) is 4.74. The molecule has 0 bridgehead atoms. The van der Waals surface area contributed by atoms with E-state index in [0.29, 0.717) is 19.5 Å². The molecule has 1 aliphatic carbocycles. The van der Waals surface area contributed by atoms with E-state index in [4.69, 9.17) is 14.6 Å². The van der Waals surface area contributed by atoms with E-state index in [2.05, 4.69) is 17.4 Å². The van der Waals surface area contributed by atoms with Gasteiger partial charge in [0.25, 0.3) is 0 Å². The third-order valence-electron chi connectivity index (χ3n) is 6.76. The van der Waals surface area contributed by atoms with Gasteiger partial charge in [0, 0.05) is 32.5 Å². The molecule has 2 N–H and O–H groups in total. The molecule has 0 spiro atoms. The number of methoxy groups -OCH3 is 1. The van der Waals surface area contributed by atoms with Gasteiger partial charge >= 0.3 is 12.1 Å². The lowest BCUT2D eigenvalue weighted by Gasteiger charge is -2.41. The molecule has 2 aromatic carbocycles. The van der Waals surface area contributed by atoms with Crippen molar-refractivity contribution < 1.29 is 29.0 Å². The zero-order chi connectivity index (χ0) is 24.2. The number of carbonyl (C=O) groups excluding carboxylic acids is 2. The van der Waals surface area contributed by atoms with Crippen LogP contribution in [0.1, 0.15) is 36.8 Å². The Bertz CT molecular complexity index is 1020. The normalized spacial score (nSPS) is 16.7. The highest BCUT2D eigenvalue weighted by molar-refractivity contribution is 5.87. The Morgan fingerprint density at radius 3 is 2.21 bits per heavy atom. The zero-order valence-corrected chi connectivity index (χ0v) is 19.4. The first-order valence-electron chi connectivity index (χ1n) is 11.5. The second-order valence-electron chi connectivity index (χ2n) is 8.93. The first kappa shape index (κ1) is 23.8. The van der Waals surface area contributed by atoms with Crippen LogP contribution < -0.4 is 5.32 Å². The summed E-state index contributed by atoms with van der Waals surface area (Å²) in [5.41, 5.74) is 4.51. The van der Waals surface area contributed by atoms with Crippen LogP contribution in [0.15, 0.2) is 48.5 Å². The number of amides is 2. The fraction of sp³-hybridized carbons (Fsp3) is 0.423. The topological polar surface area (TPSA) is 105 Å². The van der Waals surface area contributed by atoms with E-state index in [1.807, 2.05) is 36.4 Å². The summed E-state index contributed by atoms with van der Waals surface area (Å²) in [5, 5.41) is 11.5. The minimum absolute atomic E-state index is 0.0717. The van der Waals surface area contributed by atoms with E-state index >= 15 is 0 Å². The Morgan fingerprint density at radius 2 is 1.65 bits per heavy atom. The van der Waals surface area contributed by atoms with Gasteiger partial charge in [0.1, 0.15) is 12.6 Å². The van der Waals surface area contributed by atoms with Crippen LogP contribution in [0.4, 0.5) is 4.79 Å². The average Bonchev–Trinajstić information content (AvgIpc) is 3.13. The van der Waals surface area contributed by atoms with Crippen molar-refractivity contribution in [3.8, 4) is 11.1 Å². The number of rotatable bonds is 9. The van der Waals surface area contributed by atoms with Crippen LogP contribution in [-0.4, -0.2) is 66.9 Å². The molecule has 0 radical (unpaired) electrons. The highest BCUT2D eigenvalue weighted by Gasteiger charge is 2.38. The summed E-state index contributed by atoms with van der Waals surface area (Å²) in [6.45, 7) is 2.83. The van der Waals surface area contributed by atoms with Crippen LogP contribution in [-0.2, 0) is 19.1 Å². The van der Waals surface area contributed by atoms with Crippen molar-refractivity contribution in [1.29, 1.82) is 0 Å². The van der Waals surface area contributed by atoms with Gasteiger partial charge in [-0.1, -0.05) is 48.5 Å². The van der Waals surface area contributed by atoms with Crippen molar-refractivity contribution in [3.05, 3.63) is 59.7 Å². The molecule has 1 heterocycles. The van der Waals surface area contributed by atoms with Crippen LogP contribution in [0, 0.1) is 5.92 Å². The Morgan fingerprint density at radius 1 is 1.06 bits per heavy atom. The minimum atomic E-state index is -0.888. The Labute approximate surface area is 198 Å². The molecule has 1 aliphatic heterocycles. The molecule has 1 saturated heterocycles. The Balaban J connectivity index is 1.36. The van der Waals surface area contributed by atoms with Crippen molar-refractivity contribution in [3.63, 3.8) is 0 Å². The molecule has 8 nitrogen and oxygen atoms in total. The van der Waals surface area contributed by atoms with Gasteiger partial charge in [-0.2, -0.15) is 0 Å². The molecule has 34 heavy (non-hydrogen) atoms. The molecule has 1 fully saturated rings. The smallest absolute Gasteiger partial charge is 0.407 e. The van der Waals surface area contributed by atoms with Crippen molar-refractivity contribution in [2.75, 3.05) is 26.8 Å². The molecule has 0 unspecified atom stereocenters. The molecule has 2 atom stereocenters. The number of carboxylic acids is 1. The number of aliphatic carboxylic acids is 1. The number of benzene rings is 2. The predicted molar refractivity (Wildman–Crippen MR) is 125 cm³/mol. The van der Waals surface area contributed by atoms with Gasteiger partial charge in [-0.05, 0) is 41.5 Å². The molecule has 8 heteroatoms. The monoisotopic (exact) mass is 466 g/mol. The lowest BCUT2D eigenvalue weighted by atomic mass is 9.93. The Kier molecular flexibility index (Phi) is 7.17. The van der Waals surface area contributed by atoms with Crippen molar-refractivity contribution in [1.82, 2.24) is 10.2 Å². The summed E-state index contributed by atoms with van der Waals surface area (Å²) in [5.74, 6) is -1.01. The molecule has 0 saturated carbocycles. The molecule has 4 rings (SSSR count). The van der Waals surface area contributed by atoms with Crippen LogP contribution in [0.25, 0.3) is 11.1 Å². The third-order valence-corrected chi connectivity index (χ3v) is 6.76. The zero-order valence-electron chi connectivity index (χ0n) is 19.4. The second kappa shape index (κ2) is 10.3. The van der Waals surface area contributed by atoms with E-state index in [-0.39, 0.29) is 30.8 Å². The first-order valence-corrected chi connectivity index (χ1v) is 11.5. The quantitative estimate of drug-likeness (QED) is 0.588. The van der Waals surface area contributed by atoms with Gasteiger partial charge in [0.2, 0.25) is 5.91 Å². The van der Waals surface area contributed by atoms with Crippen molar-refractivity contribution >= 4 is 18.0 Å². The lowest BCUT2D eigenvalue weighted by molar-refractivity contribution is -0.143. The number of fused-ring (bicyclic) bond motifs is 3. The average molecular weight is 467 g/mol. The maximum atomic E-state index is 13.0. The minimum Gasteiger partial charge on any atom is -0.481 e. The Hall–Kier alpha value is -3.39. The molecule has 180 valence electrons.